The predicted octanol–water partition coefficient (Wildman–Crippen LogP) is 2.13. The van der Waals surface area contributed by atoms with Gasteiger partial charge in [0, 0.05) is 28.7 Å². The Balaban J connectivity index is 2.49. The molecule has 0 aliphatic rings. The Labute approximate surface area is 107 Å². The highest BCUT2D eigenvalue weighted by molar-refractivity contribution is 5.86. The third kappa shape index (κ3) is 2.35. The van der Waals surface area contributed by atoms with Crippen LogP contribution in [0.25, 0.3) is 10.9 Å². The Bertz CT molecular complexity index is 534. The van der Waals surface area contributed by atoms with Gasteiger partial charge in [-0.15, -0.1) is 0 Å². The quantitative estimate of drug-likeness (QED) is 0.759. The highest BCUT2D eigenvalue weighted by Gasteiger charge is 2.16. The number of hydrogen-bond acceptors (Lipinski definition) is 3. The van der Waals surface area contributed by atoms with Crippen molar-refractivity contribution in [3.63, 3.8) is 0 Å². The number of aliphatic hydroxyl groups is 1. The summed E-state index contributed by atoms with van der Waals surface area (Å²) >= 11 is 0. The van der Waals surface area contributed by atoms with Crippen LogP contribution in [0.5, 0.6) is 5.75 Å². The van der Waals surface area contributed by atoms with E-state index in [1.54, 1.807) is 0 Å². The van der Waals surface area contributed by atoms with Gasteiger partial charge in [0.2, 0.25) is 0 Å². The van der Waals surface area contributed by atoms with E-state index in [-0.39, 0.29) is 0 Å². The number of ether oxygens (including phenoxy) is 1. The number of aromatic amines is 1. The van der Waals surface area contributed by atoms with Crippen molar-refractivity contribution in [3.05, 3.63) is 29.5 Å². The van der Waals surface area contributed by atoms with Crippen LogP contribution >= 0.6 is 0 Å². The number of fused-ring (bicyclic) bond motifs is 1. The number of aryl methyl sites for hydroxylation is 1. The van der Waals surface area contributed by atoms with Crippen LogP contribution < -0.4 is 10.1 Å². The Morgan fingerprint density at radius 1 is 1.44 bits per heavy atom. The third-order valence-corrected chi connectivity index (χ3v) is 3.05. The Hall–Kier alpha value is -1.52. The monoisotopic (exact) mass is 248 g/mol. The van der Waals surface area contributed by atoms with Gasteiger partial charge in [0.25, 0.3) is 0 Å². The average Bonchev–Trinajstić information content (AvgIpc) is 2.65. The van der Waals surface area contributed by atoms with E-state index in [1.165, 1.54) is 0 Å². The van der Waals surface area contributed by atoms with Crippen LogP contribution in [0.15, 0.2) is 18.2 Å². The first-order valence-electron chi connectivity index (χ1n) is 6.25. The minimum Gasteiger partial charge on any atom is -0.494 e. The largest absolute Gasteiger partial charge is 0.494 e. The van der Waals surface area contributed by atoms with Gasteiger partial charge in [0.05, 0.1) is 12.7 Å². The number of benzene rings is 1. The highest BCUT2D eigenvalue weighted by atomic mass is 16.5. The topological polar surface area (TPSA) is 57.3 Å². The molecule has 4 nitrogen and oxygen atoms in total. The fourth-order valence-corrected chi connectivity index (χ4v) is 2.31. The molecule has 1 heterocycles. The van der Waals surface area contributed by atoms with Crippen LogP contribution in [0, 0.1) is 6.92 Å². The second-order valence-corrected chi connectivity index (χ2v) is 4.38. The third-order valence-electron chi connectivity index (χ3n) is 3.05. The molecule has 1 aromatic heterocycles. The lowest BCUT2D eigenvalue weighted by atomic mass is 10.1. The number of likely N-dealkylation sites (N-methyl/N-ethyl adjacent to an activating group) is 1. The van der Waals surface area contributed by atoms with E-state index in [2.05, 4.69) is 10.3 Å². The number of nitrogens with one attached hydrogen (secondary N) is 2. The first kappa shape index (κ1) is 12.9. The molecule has 0 fully saturated rings. The van der Waals surface area contributed by atoms with Crippen LogP contribution in [0.2, 0.25) is 0 Å². The summed E-state index contributed by atoms with van der Waals surface area (Å²) in [5, 5.41) is 14.2. The summed E-state index contributed by atoms with van der Waals surface area (Å²) in [6.45, 7) is 5.12. The van der Waals surface area contributed by atoms with Crippen molar-refractivity contribution in [2.75, 3.05) is 20.2 Å². The molecule has 0 spiro atoms. The molecule has 1 atom stereocenters. The zero-order valence-electron chi connectivity index (χ0n) is 11.1. The van der Waals surface area contributed by atoms with Crippen molar-refractivity contribution in [2.24, 2.45) is 0 Å². The molecule has 98 valence electrons. The molecule has 0 aliphatic heterocycles. The summed E-state index contributed by atoms with van der Waals surface area (Å²) in [7, 11) is 1.83. The molecule has 0 radical (unpaired) electrons. The van der Waals surface area contributed by atoms with Crippen molar-refractivity contribution in [1.29, 1.82) is 0 Å². The van der Waals surface area contributed by atoms with E-state index in [9.17, 15) is 5.11 Å². The number of hydrogen-bond donors (Lipinski definition) is 3. The van der Waals surface area contributed by atoms with E-state index < -0.39 is 6.10 Å². The second kappa shape index (κ2) is 5.42. The van der Waals surface area contributed by atoms with Crippen LogP contribution in [-0.2, 0) is 0 Å². The average molecular weight is 248 g/mol. The maximum atomic E-state index is 10.2. The molecular formula is C14H20N2O2. The van der Waals surface area contributed by atoms with Gasteiger partial charge in [0.15, 0.2) is 0 Å². The van der Waals surface area contributed by atoms with Gasteiger partial charge >= 0.3 is 0 Å². The summed E-state index contributed by atoms with van der Waals surface area (Å²) < 4.78 is 5.51. The van der Waals surface area contributed by atoms with Crippen molar-refractivity contribution in [1.82, 2.24) is 10.3 Å². The molecule has 18 heavy (non-hydrogen) atoms. The van der Waals surface area contributed by atoms with Crippen molar-refractivity contribution >= 4 is 10.9 Å². The standard InChI is InChI=1S/C14H20N2O2/c1-4-18-10-5-6-12-11(7-10)14(9(2)16-12)13(17)8-15-3/h5-7,13,15-17H,4,8H2,1-3H3. The highest BCUT2D eigenvalue weighted by Crippen LogP contribution is 2.30. The minimum atomic E-state index is -0.513. The van der Waals surface area contributed by atoms with E-state index in [0.717, 1.165) is 27.9 Å². The minimum absolute atomic E-state index is 0.513. The molecule has 3 N–H and O–H groups in total. The number of aromatic nitrogens is 1. The summed E-state index contributed by atoms with van der Waals surface area (Å²) in [5.41, 5.74) is 2.98. The summed E-state index contributed by atoms with van der Waals surface area (Å²) in [5.74, 6) is 0.835. The normalized spacial score (nSPS) is 12.9. The SMILES string of the molecule is CCOc1ccc2[nH]c(C)c(C(O)CNC)c2c1. The Kier molecular flexibility index (Phi) is 3.89. The molecule has 1 unspecified atom stereocenters. The number of aliphatic hydroxyl groups excluding tert-OH is 1. The smallest absolute Gasteiger partial charge is 0.120 e. The van der Waals surface area contributed by atoms with Crippen LogP contribution in [-0.4, -0.2) is 30.3 Å². The molecule has 0 aliphatic carbocycles. The number of H-pyrrole nitrogens is 1. The molecule has 0 bridgehead atoms. The van der Waals surface area contributed by atoms with E-state index in [4.69, 9.17) is 4.74 Å². The van der Waals surface area contributed by atoms with Crippen molar-refractivity contribution in [2.45, 2.75) is 20.0 Å². The van der Waals surface area contributed by atoms with Crippen LogP contribution in [0.1, 0.15) is 24.3 Å². The second-order valence-electron chi connectivity index (χ2n) is 4.38. The van der Waals surface area contributed by atoms with E-state index >= 15 is 0 Å². The molecule has 0 amide bonds. The van der Waals surface area contributed by atoms with Gasteiger partial charge in [-0.05, 0) is 39.1 Å². The van der Waals surface area contributed by atoms with E-state index in [0.29, 0.717) is 13.2 Å². The molecule has 2 aromatic rings. The zero-order valence-corrected chi connectivity index (χ0v) is 11.1. The van der Waals surface area contributed by atoms with Gasteiger partial charge in [-0.1, -0.05) is 0 Å². The predicted molar refractivity (Wildman–Crippen MR) is 73.1 cm³/mol. The maximum absolute atomic E-state index is 10.2. The van der Waals surface area contributed by atoms with Crippen LogP contribution in [0.3, 0.4) is 0 Å². The van der Waals surface area contributed by atoms with Gasteiger partial charge in [-0.25, -0.2) is 0 Å². The van der Waals surface area contributed by atoms with Gasteiger partial charge in [-0.2, -0.15) is 0 Å². The van der Waals surface area contributed by atoms with Crippen molar-refractivity contribution in [3.8, 4) is 5.75 Å². The van der Waals surface area contributed by atoms with Crippen molar-refractivity contribution < 1.29 is 9.84 Å². The lowest BCUT2D eigenvalue weighted by molar-refractivity contribution is 0.178. The molecule has 4 heteroatoms. The lowest BCUT2D eigenvalue weighted by Gasteiger charge is -2.11. The van der Waals surface area contributed by atoms with Crippen LogP contribution in [0.4, 0.5) is 0 Å². The van der Waals surface area contributed by atoms with Gasteiger partial charge < -0.3 is 20.1 Å². The zero-order chi connectivity index (χ0) is 13.1. The molecule has 1 aromatic carbocycles. The summed E-state index contributed by atoms with van der Waals surface area (Å²) in [6, 6.07) is 5.91. The molecule has 0 saturated heterocycles. The van der Waals surface area contributed by atoms with Gasteiger partial charge in [-0.3, -0.25) is 0 Å². The lowest BCUT2D eigenvalue weighted by Crippen LogP contribution is -2.17. The maximum Gasteiger partial charge on any atom is 0.120 e. The Morgan fingerprint density at radius 3 is 2.89 bits per heavy atom. The summed E-state index contributed by atoms with van der Waals surface area (Å²) in [4.78, 5) is 3.29. The van der Waals surface area contributed by atoms with E-state index in [1.807, 2.05) is 39.1 Å². The number of rotatable bonds is 5. The molecule has 0 saturated carbocycles. The fraction of sp³-hybridized carbons (Fsp3) is 0.429. The first-order chi connectivity index (χ1) is 8.67. The molecular weight excluding hydrogens is 228 g/mol. The van der Waals surface area contributed by atoms with Gasteiger partial charge in [0.1, 0.15) is 5.75 Å². The Morgan fingerprint density at radius 2 is 2.22 bits per heavy atom. The molecule has 2 rings (SSSR count). The first-order valence-corrected chi connectivity index (χ1v) is 6.25. The fourth-order valence-electron chi connectivity index (χ4n) is 2.31. The summed E-state index contributed by atoms with van der Waals surface area (Å²) in [6.07, 6.45) is -0.513.